The van der Waals surface area contributed by atoms with E-state index in [0.29, 0.717) is 44.0 Å². The summed E-state index contributed by atoms with van der Waals surface area (Å²) in [6, 6.07) is 36.7. The van der Waals surface area contributed by atoms with Gasteiger partial charge in [0, 0.05) is 35.3 Å². The topological polar surface area (TPSA) is 50.9 Å². The van der Waals surface area contributed by atoms with Crippen molar-refractivity contribution in [2.24, 2.45) is 0 Å². The molecule has 0 bridgehead atoms. The molecule has 0 aliphatic carbocycles. The minimum atomic E-state index is -2.33. The standard InChI is InChI=1S/C39H25N5/c1-24-17-19-34-29(21-24)27-13-7-9-15-32(27)43(34)38-31(23-40)36(26-11-5-4-6-12-26)37(41-3)39(42-38)44-33-16-10-8-14-28(33)30-22-25(2)18-20-35(30)44/h4-22H,1-2H3/i1D3,2D3. The maximum absolute atomic E-state index is 10.9. The van der Waals surface area contributed by atoms with Crippen molar-refractivity contribution < 1.29 is 8.22 Å². The van der Waals surface area contributed by atoms with Gasteiger partial charge < -0.3 is 4.57 Å². The molecule has 44 heavy (non-hydrogen) atoms. The van der Waals surface area contributed by atoms with Crippen LogP contribution in [0, 0.1) is 31.6 Å². The average molecular weight is 570 g/mol. The van der Waals surface area contributed by atoms with Crippen LogP contribution < -0.4 is 0 Å². The molecular formula is C39H25N5. The third-order valence-corrected chi connectivity index (χ3v) is 8.19. The van der Waals surface area contributed by atoms with Crippen molar-refractivity contribution in [2.75, 3.05) is 0 Å². The smallest absolute Gasteiger partial charge is 0.238 e. The number of nitrogens with zero attached hydrogens (tertiary/aromatic N) is 5. The zero-order chi connectivity index (χ0) is 34.9. The van der Waals surface area contributed by atoms with E-state index in [2.05, 4.69) is 10.9 Å². The Morgan fingerprint density at radius 3 is 1.73 bits per heavy atom. The van der Waals surface area contributed by atoms with Crippen LogP contribution in [-0.4, -0.2) is 14.1 Å². The van der Waals surface area contributed by atoms with E-state index in [-0.39, 0.29) is 34.0 Å². The van der Waals surface area contributed by atoms with Crippen LogP contribution in [0.3, 0.4) is 0 Å². The Hall–Kier alpha value is -6.17. The number of pyridine rings is 1. The number of hydrogen-bond acceptors (Lipinski definition) is 2. The number of fused-ring (bicyclic) bond motifs is 6. The SMILES string of the molecule is [2H]C([2H])([2H])c1ccc2c(c1)c1ccccc1n2-c1nc(-n2c3ccccc3c3cc(C([2H])([2H])[2H])ccc32)c([N+]#[C-])c(-c2ccccc2)c1C#N. The molecule has 5 nitrogen and oxygen atoms in total. The fraction of sp³-hybridized carbons (Fsp3) is 0.0513. The monoisotopic (exact) mass is 569 g/mol. The summed E-state index contributed by atoms with van der Waals surface area (Å²) in [4.78, 5) is 9.22. The van der Waals surface area contributed by atoms with Crippen LogP contribution in [0.15, 0.2) is 115 Å². The summed E-state index contributed by atoms with van der Waals surface area (Å²) in [7, 11) is 0. The third-order valence-electron chi connectivity index (χ3n) is 8.19. The van der Waals surface area contributed by atoms with Crippen LogP contribution in [0.2, 0.25) is 0 Å². The minimum absolute atomic E-state index is 0.157. The Labute approximate surface area is 262 Å². The molecule has 0 aliphatic heterocycles. The molecule has 3 heterocycles. The summed E-state index contributed by atoms with van der Waals surface area (Å²) in [6.07, 6.45) is 0. The van der Waals surface area contributed by atoms with Gasteiger partial charge in [0.15, 0.2) is 5.82 Å². The molecule has 8 aromatic rings. The van der Waals surface area contributed by atoms with E-state index in [9.17, 15) is 5.26 Å². The molecular weight excluding hydrogens is 538 g/mol. The molecule has 3 aromatic heterocycles. The van der Waals surface area contributed by atoms with E-state index >= 15 is 0 Å². The molecule has 0 aliphatic rings. The number of aromatic nitrogens is 3. The summed E-state index contributed by atoms with van der Waals surface area (Å²) in [5.41, 5.74) is 4.48. The Balaban J connectivity index is 1.57. The van der Waals surface area contributed by atoms with Crippen molar-refractivity contribution in [3.8, 4) is 28.8 Å². The lowest BCUT2D eigenvalue weighted by atomic mass is 9.98. The van der Waals surface area contributed by atoms with Gasteiger partial charge >= 0.3 is 0 Å². The maximum atomic E-state index is 10.9. The second kappa shape index (κ2) is 9.70. The zero-order valence-corrected chi connectivity index (χ0v) is 23.2. The zero-order valence-electron chi connectivity index (χ0n) is 29.2. The van der Waals surface area contributed by atoms with Crippen molar-refractivity contribution in [1.82, 2.24) is 14.1 Å². The highest BCUT2D eigenvalue weighted by Crippen LogP contribution is 2.44. The lowest BCUT2D eigenvalue weighted by Crippen LogP contribution is -2.08. The van der Waals surface area contributed by atoms with E-state index in [1.54, 1.807) is 36.4 Å². The summed E-state index contributed by atoms with van der Waals surface area (Å²) >= 11 is 0. The van der Waals surface area contributed by atoms with Crippen molar-refractivity contribution in [2.45, 2.75) is 13.7 Å². The van der Waals surface area contributed by atoms with Crippen LogP contribution in [0.1, 0.15) is 24.9 Å². The van der Waals surface area contributed by atoms with Gasteiger partial charge in [-0.1, -0.05) is 90.0 Å². The Morgan fingerprint density at radius 2 is 1.18 bits per heavy atom. The molecule has 0 saturated carbocycles. The van der Waals surface area contributed by atoms with Gasteiger partial charge in [0.2, 0.25) is 5.69 Å². The molecule has 0 fully saturated rings. The fourth-order valence-electron chi connectivity index (χ4n) is 6.37. The van der Waals surface area contributed by atoms with Gasteiger partial charge in [-0.3, -0.25) is 4.57 Å². The summed E-state index contributed by atoms with van der Waals surface area (Å²) in [6.45, 7) is 3.85. The van der Waals surface area contributed by atoms with Crippen LogP contribution in [0.5, 0.6) is 0 Å². The molecule has 0 spiro atoms. The van der Waals surface area contributed by atoms with Crippen molar-refractivity contribution >= 4 is 49.3 Å². The minimum Gasteiger partial charge on any atom is -0.302 e. The molecule has 0 radical (unpaired) electrons. The Bertz CT molecular complexity index is 2590. The second-order valence-corrected chi connectivity index (χ2v) is 10.6. The highest BCUT2D eigenvalue weighted by Gasteiger charge is 2.27. The van der Waals surface area contributed by atoms with Crippen molar-refractivity contribution in [1.29, 1.82) is 5.26 Å². The van der Waals surface area contributed by atoms with Gasteiger partial charge in [-0.25, -0.2) is 9.83 Å². The van der Waals surface area contributed by atoms with Gasteiger partial charge in [-0.2, -0.15) is 5.26 Å². The van der Waals surface area contributed by atoms with Gasteiger partial charge in [0.25, 0.3) is 0 Å². The number of para-hydroxylation sites is 2. The van der Waals surface area contributed by atoms with Gasteiger partial charge in [0.1, 0.15) is 11.9 Å². The predicted octanol–water partition coefficient (Wildman–Crippen LogP) is 9.98. The summed E-state index contributed by atoms with van der Waals surface area (Å²) < 4.78 is 52.1. The van der Waals surface area contributed by atoms with E-state index in [4.69, 9.17) is 19.8 Å². The molecule has 0 N–H and O–H groups in total. The largest absolute Gasteiger partial charge is 0.302 e. The normalized spacial score (nSPS) is 14.0. The number of aryl methyl sites for hydroxylation is 2. The first-order valence-corrected chi connectivity index (χ1v) is 14.0. The maximum Gasteiger partial charge on any atom is 0.238 e. The highest BCUT2D eigenvalue weighted by molar-refractivity contribution is 6.11. The van der Waals surface area contributed by atoms with Crippen LogP contribution in [0.4, 0.5) is 5.69 Å². The number of nitriles is 1. The number of hydrogen-bond donors (Lipinski definition) is 0. The average Bonchev–Trinajstić information content (AvgIpc) is 3.62. The second-order valence-electron chi connectivity index (χ2n) is 10.6. The molecule has 5 aromatic carbocycles. The molecule has 0 saturated heterocycles. The Kier molecular flexibility index (Phi) is 4.38. The van der Waals surface area contributed by atoms with Crippen molar-refractivity contribution in [3.05, 3.63) is 143 Å². The van der Waals surface area contributed by atoms with Gasteiger partial charge in [-0.15, -0.1) is 0 Å². The molecule has 5 heteroatoms. The molecule has 0 unspecified atom stereocenters. The summed E-state index contributed by atoms with van der Waals surface area (Å²) in [5, 5.41) is 13.8. The van der Waals surface area contributed by atoms with Gasteiger partial charge in [-0.05, 0) is 55.7 Å². The molecule has 0 amide bonds. The number of benzene rings is 5. The summed E-state index contributed by atoms with van der Waals surface area (Å²) in [5.74, 6) is 0.539. The quantitative estimate of drug-likeness (QED) is 0.199. The molecule has 8 rings (SSSR count). The first-order chi connectivity index (χ1) is 24.0. The number of rotatable bonds is 3. The van der Waals surface area contributed by atoms with E-state index in [0.717, 1.165) is 10.8 Å². The lowest BCUT2D eigenvalue weighted by molar-refractivity contribution is 1.01. The van der Waals surface area contributed by atoms with Crippen LogP contribution in [0.25, 0.3) is 71.2 Å². The van der Waals surface area contributed by atoms with Crippen LogP contribution >= 0.6 is 0 Å². The lowest BCUT2D eigenvalue weighted by Gasteiger charge is -2.19. The van der Waals surface area contributed by atoms with Gasteiger partial charge in [0.05, 0.1) is 34.2 Å². The first kappa shape index (κ1) is 19.9. The fourth-order valence-corrected chi connectivity index (χ4v) is 6.37. The molecule has 206 valence electrons. The van der Waals surface area contributed by atoms with Crippen molar-refractivity contribution in [3.63, 3.8) is 0 Å². The van der Waals surface area contributed by atoms with E-state index in [1.807, 2.05) is 88.0 Å². The molecule has 0 atom stereocenters. The third kappa shape index (κ3) is 3.60. The van der Waals surface area contributed by atoms with E-state index in [1.165, 1.54) is 0 Å². The Morgan fingerprint density at radius 1 is 0.659 bits per heavy atom. The van der Waals surface area contributed by atoms with E-state index < -0.39 is 13.7 Å². The predicted molar refractivity (Wildman–Crippen MR) is 179 cm³/mol. The highest BCUT2D eigenvalue weighted by atomic mass is 15.2. The van der Waals surface area contributed by atoms with Crippen LogP contribution in [-0.2, 0) is 0 Å². The first-order valence-electron chi connectivity index (χ1n) is 17.0.